The highest BCUT2D eigenvalue weighted by molar-refractivity contribution is 5.33. The second-order valence-corrected chi connectivity index (χ2v) is 6.94. The van der Waals surface area contributed by atoms with Gasteiger partial charge in [0.05, 0.1) is 0 Å². The highest BCUT2D eigenvalue weighted by Crippen LogP contribution is 2.27. The Labute approximate surface area is 175 Å². The zero-order chi connectivity index (χ0) is 20.9. The molecule has 0 saturated heterocycles. The Hall–Kier alpha value is -3.93. The van der Waals surface area contributed by atoms with Gasteiger partial charge in [0, 0.05) is 0 Å². The average molecular weight is 399 g/mol. The highest BCUT2D eigenvalue weighted by atomic mass is 16.5. The highest BCUT2D eigenvalue weighted by Gasteiger charge is 2.13. The van der Waals surface area contributed by atoms with Gasteiger partial charge in [0.25, 0.3) is 0 Å². The van der Waals surface area contributed by atoms with E-state index in [-0.39, 0.29) is 18.0 Å². The van der Waals surface area contributed by atoms with Crippen LogP contribution in [-0.2, 0) is 0 Å². The average Bonchev–Trinajstić information content (AvgIpc) is 2.68. The van der Waals surface area contributed by atoms with E-state index in [0.29, 0.717) is 17.2 Å². The predicted octanol–water partition coefficient (Wildman–Crippen LogP) is 6.17. The molecule has 150 valence electrons. The molecule has 0 saturated carbocycles. The van der Waals surface area contributed by atoms with Crippen LogP contribution in [0.5, 0.6) is 35.3 Å². The van der Waals surface area contributed by atoms with Gasteiger partial charge in [-0.25, -0.2) is 0 Å². The van der Waals surface area contributed by atoms with Crippen molar-refractivity contribution in [2.45, 2.75) is 20.8 Å². The Morgan fingerprint density at radius 3 is 1.03 bits per heavy atom. The predicted molar refractivity (Wildman–Crippen MR) is 114 cm³/mol. The molecule has 1 heterocycles. The fraction of sp³-hybridized carbons (Fsp3) is 0.125. The molecule has 0 aliphatic heterocycles. The normalized spacial score (nSPS) is 10.5. The summed E-state index contributed by atoms with van der Waals surface area (Å²) in [5.74, 6) is 1.85. The fourth-order valence-electron chi connectivity index (χ4n) is 2.81. The molecule has 6 heteroatoms. The van der Waals surface area contributed by atoms with Crippen LogP contribution in [0.1, 0.15) is 16.7 Å². The van der Waals surface area contributed by atoms with Crippen LogP contribution in [0.2, 0.25) is 0 Å². The lowest BCUT2D eigenvalue weighted by Crippen LogP contribution is -2.01. The number of hydrogen-bond acceptors (Lipinski definition) is 6. The third kappa shape index (κ3) is 5.11. The fourth-order valence-corrected chi connectivity index (χ4v) is 2.81. The Bertz CT molecular complexity index is 1020. The number of rotatable bonds is 6. The molecular formula is C24H21N3O3. The molecule has 4 rings (SSSR count). The lowest BCUT2D eigenvalue weighted by Gasteiger charge is -2.10. The molecule has 30 heavy (non-hydrogen) atoms. The molecule has 0 spiro atoms. The number of hydrogen-bond donors (Lipinski definition) is 0. The minimum atomic E-state index is 0.0842. The van der Waals surface area contributed by atoms with E-state index >= 15 is 0 Å². The van der Waals surface area contributed by atoms with Gasteiger partial charge in [-0.1, -0.05) is 36.4 Å². The molecule has 0 bridgehead atoms. The summed E-state index contributed by atoms with van der Waals surface area (Å²) in [5.41, 5.74) is 3.19. The molecule has 0 N–H and O–H groups in total. The van der Waals surface area contributed by atoms with Crippen molar-refractivity contribution in [3.63, 3.8) is 0 Å². The maximum absolute atomic E-state index is 5.84. The lowest BCUT2D eigenvalue weighted by molar-refractivity contribution is 0.362. The summed E-state index contributed by atoms with van der Waals surface area (Å²) in [6.45, 7) is 5.95. The summed E-state index contributed by atoms with van der Waals surface area (Å²) in [6.07, 6.45) is 0. The van der Waals surface area contributed by atoms with Crippen molar-refractivity contribution in [3.05, 3.63) is 89.5 Å². The maximum atomic E-state index is 5.84. The van der Waals surface area contributed by atoms with E-state index in [1.54, 1.807) is 0 Å². The largest absolute Gasteiger partial charge is 0.424 e. The molecule has 4 aromatic rings. The third-order valence-electron chi connectivity index (χ3n) is 4.17. The smallest absolute Gasteiger partial charge is 0.331 e. The standard InChI is InChI=1S/C24H21N3O3/c1-16-7-4-10-19(13-16)28-22-25-23(29-20-11-5-8-17(2)14-20)27-24(26-22)30-21-12-6-9-18(3)15-21/h4-15H,1-3H3. The summed E-state index contributed by atoms with van der Waals surface area (Å²) in [7, 11) is 0. The number of ether oxygens (including phenoxy) is 3. The second-order valence-electron chi connectivity index (χ2n) is 6.94. The second kappa shape index (κ2) is 8.61. The van der Waals surface area contributed by atoms with E-state index < -0.39 is 0 Å². The molecule has 6 nitrogen and oxygen atoms in total. The van der Waals surface area contributed by atoms with Crippen molar-refractivity contribution < 1.29 is 14.2 Å². The van der Waals surface area contributed by atoms with Gasteiger partial charge in [-0.3, -0.25) is 0 Å². The van der Waals surface area contributed by atoms with Crippen molar-refractivity contribution in [1.82, 2.24) is 15.0 Å². The van der Waals surface area contributed by atoms with Crippen LogP contribution in [0.15, 0.2) is 72.8 Å². The molecular weight excluding hydrogens is 378 g/mol. The van der Waals surface area contributed by atoms with Gasteiger partial charge in [0.15, 0.2) is 0 Å². The first-order valence-electron chi connectivity index (χ1n) is 9.53. The van der Waals surface area contributed by atoms with Crippen LogP contribution in [0, 0.1) is 20.8 Å². The molecule has 3 aromatic carbocycles. The Morgan fingerprint density at radius 1 is 0.467 bits per heavy atom. The number of aryl methyl sites for hydroxylation is 3. The van der Waals surface area contributed by atoms with Crippen molar-refractivity contribution in [2.24, 2.45) is 0 Å². The first-order valence-corrected chi connectivity index (χ1v) is 9.53. The van der Waals surface area contributed by atoms with Crippen LogP contribution >= 0.6 is 0 Å². The van der Waals surface area contributed by atoms with Crippen molar-refractivity contribution in [1.29, 1.82) is 0 Å². The summed E-state index contributed by atoms with van der Waals surface area (Å²) < 4.78 is 17.5. The topological polar surface area (TPSA) is 66.4 Å². The Morgan fingerprint density at radius 2 is 0.767 bits per heavy atom. The summed E-state index contributed by atoms with van der Waals surface area (Å²) in [6, 6.07) is 23.1. The zero-order valence-electron chi connectivity index (χ0n) is 17.0. The van der Waals surface area contributed by atoms with E-state index in [4.69, 9.17) is 14.2 Å². The molecule has 0 aliphatic rings. The molecule has 0 unspecified atom stereocenters. The minimum Gasteiger partial charge on any atom is -0.424 e. The van der Waals surface area contributed by atoms with Crippen LogP contribution in [0.3, 0.4) is 0 Å². The first-order chi connectivity index (χ1) is 14.5. The van der Waals surface area contributed by atoms with Crippen LogP contribution in [0.4, 0.5) is 0 Å². The molecule has 0 radical (unpaired) electrons. The molecule has 0 aliphatic carbocycles. The number of aromatic nitrogens is 3. The summed E-state index contributed by atoms with van der Waals surface area (Å²) in [4.78, 5) is 12.9. The van der Waals surface area contributed by atoms with Gasteiger partial charge in [-0.2, -0.15) is 0 Å². The summed E-state index contributed by atoms with van der Waals surface area (Å²) >= 11 is 0. The monoisotopic (exact) mass is 399 g/mol. The van der Waals surface area contributed by atoms with E-state index in [9.17, 15) is 0 Å². The summed E-state index contributed by atoms with van der Waals surface area (Å²) in [5, 5.41) is 0. The van der Waals surface area contributed by atoms with E-state index in [1.807, 2.05) is 93.6 Å². The maximum Gasteiger partial charge on any atom is 0.331 e. The van der Waals surface area contributed by atoms with Crippen molar-refractivity contribution >= 4 is 0 Å². The van der Waals surface area contributed by atoms with Gasteiger partial charge in [0.1, 0.15) is 17.2 Å². The van der Waals surface area contributed by atoms with Crippen molar-refractivity contribution in [3.8, 4) is 35.3 Å². The molecule has 0 fully saturated rings. The molecule has 0 amide bonds. The van der Waals surface area contributed by atoms with Crippen LogP contribution in [-0.4, -0.2) is 15.0 Å². The third-order valence-corrected chi connectivity index (χ3v) is 4.17. The van der Waals surface area contributed by atoms with Gasteiger partial charge in [-0.05, 0) is 73.9 Å². The van der Waals surface area contributed by atoms with E-state index in [1.165, 1.54) is 0 Å². The van der Waals surface area contributed by atoms with Gasteiger partial charge < -0.3 is 14.2 Å². The Balaban J connectivity index is 1.67. The lowest BCUT2D eigenvalue weighted by atomic mass is 10.2. The van der Waals surface area contributed by atoms with Crippen molar-refractivity contribution in [2.75, 3.05) is 0 Å². The number of nitrogens with zero attached hydrogens (tertiary/aromatic N) is 3. The Kier molecular flexibility index (Phi) is 5.57. The quantitative estimate of drug-likeness (QED) is 0.386. The van der Waals surface area contributed by atoms with E-state index in [2.05, 4.69) is 15.0 Å². The number of benzene rings is 3. The zero-order valence-corrected chi connectivity index (χ0v) is 17.0. The van der Waals surface area contributed by atoms with Gasteiger partial charge in [-0.15, -0.1) is 15.0 Å². The SMILES string of the molecule is Cc1cccc(Oc2nc(Oc3cccc(C)c3)nc(Oc3cccc(C)c3)n2)c1. The van der Waals surface area contributed by atoms with E-state index in [0.717, 1.165) is 16.7 Å². The van der Waals surface area contributed by atoms with Crippen LogP contribution < -0.4 is 14.2 Å². The van der Waals surface area contributed by atoms with Crippen LogP contribution in [0.25, 0.3) is 0 Å². The molecule has 1 aromatic heterocycles. The van der Waals surface area contributed by atoms with Gasteiger partial charge >= 0.3 is 18.0 Å². The first kappa shape index (κ1) is 19.4. The van der Waals surface area contributed by atoms with Gasteiger partial charge in [0.2, 0.25) is 0 Å². The minimum absolute atomic E-state index is 0.0842. The molecule has 0 atom stereocenters.